The Morgan fingerprint density at radius 2 is 2.07 bits per heavy atom. The Labute approximate surface area is 83.4 Å². The number of methoxy groups -OCH3 is 1. The van der Waals surface area contributed by atoms with Crippen molar-refractivity contribution in [2.75, 3.05) is 13.7 Å². The summed E-state index contributed by atoms with van der Waals surface area (Å²) in [5.74, 6) is -1.20. The number of rotatable bonds is 6. The molecule has 0 aliphatic heterocycles. The first-order valence-corrected chi connectivity index (χ1v) is 4.51. The number of amides is 1. The zero-order chi connectivity index (χ0) is 11.2. The van der Waals surface area contributed by atoms with Gasteiger partial charge in [0, 0.05) is 13.7 Å². The lowest BCUT2D eigenvalue weighted by Crippen LogP contribution is -2.46. The molecule has 0 fully saturated rings. The van der Waals surface area contributed by atoms with Crippen molar-refractivity contribution in [3.63, 3.8) is 0 Å². The number of hydrogen-bond donors (Lipinski definition) is 2. The van der Waals surface area contributed by atoms with Crippen LogP contribution >= 0.6 is 0 Å². The van der Waals surface area contributed by atoms with Gasteiger partial charge in [-0.2, -0.15) is 0 Å². The molecule has 0 saturated heterocycles. The third-order valence-corrected chi connectivity index (χ3v) is 2.23. The number of carboxylic acid groups (broad SMARTS) is 1. The molecule has 5 nitrogen and oxygen atoms in total. The van der Waals surface area contributed by atoms with Gasteiger partial charge in [-0.3, -0.25) is 9.59 Å². The largest absolute Gasteiger partial charge is 0.481 e. The number of hydrogen-bond acceptors (Lipinski definition) is 3. The number of ether oxygens (including phenoxy) is 1. The average molecular weight is 203 g/mol. The van der Waals surface area contributed by atoms with Gasteiger partial charge in [0.15, 0.2) is 0 Å². The van der Waals surface area contributed by atoms with Crippen molar-refractivity contribution in [3.8, 4) is 0 Å². The highest BCUT2D eigenvalue weighted by molar-refractivity contribution is 5.85. The van der Waals surface area contributed by atoms with Gasteiger partial charge in [0.2, 0.25) is 0 Å². The van der Waals surface area contributed by atoms with Crippen LogP contribution in [0.3, 0.4) is 0 Å². The lowest BCUT2D eigenvalue weighted by atomic mass is 10.0. The van der Waals surface area contributed by atoms with Crippen molar-refractivity contribution in [1.82, 2.24) is 5.32 Å². The van der Waals surface area contributed by atoms with E-state index in [0.29, 0.717) is 6.42 Å². The lowest BCUT2D eigenvalue weighted by molar-refractivity contribution is -0.142. The molecule has 0 aliphatic carbocycles. The van der Waals surface area contributed by atoms with Crippen LogP contribution < -0.4 is 5.32 Å². The average Bonchev–Trinajstić information content (AvgIpc) is 2.15. The minimum absolute atomic E-state index is 0.0742. The Kier molecular flexibility index (Phi) is 5.15. The maximum absolute atomic E-state index is 11.5. The Balaban J connectivity index is 4.00. The number of aliphatic carboxylic acids is 1. The third-order valence-electron chi connectivity index (χ3n) is 2.23. The van der Waals surface area contributed by atoms with Gasteiger partial charge in [-0.05, 0) is 13.3 Å². The van der Waals surface area contributed by atoms with Crippen molar-refractivity contribution >= 4 is 11.9 Å². The Hall–Kier alpha value is -1.10. The molecule has 0 aromatic rings. The van der Waals surface area contributed by atoms with Crippen LogP contribution in [0.4, 0.5) is 0 Å². The normalized spacial score (nSPS) is 14.5. The summed E-state index contributed by atoms with van der Waals surface area (Å²) in [6, 6.07) is 0. The Bertz CT molecular complexity index is 211. The highest BCUT2D eigenvalue weighted by atomic mass is 16.5. The Morgan fingerprint density at radius 1 is 1.50 bits per heavy atom. The van der Waals surface area contributed by atoms with Crippen molar-refractivity contribution in [2.24, 2.45) is 0 Å². The number of carbonyl (C=O) groups excluding carboxylic acids is 1. The van der Waals surface area contributed by atoms with Crippen LogP contribution in [0, 0.1) is 0 Å². The summed E-state index contributed by atoms with van der Waals surface area (Å²) in [6.45, 7) is 3.64. The number of carboxylic acids is 1. The number of nitrogens with one attached hydrogen (secondary N) is 1. The fraction of sp³-hybridized carbons (Fsp3) is 0.778. The lowest BCUT2D eigenvalue weighted by Gasteiger charge is -2.24. The maximum atomic E-state index is 11.5. The quantitative estimate of drug-likeness (QED) is 0.655. The van der Waals surface area contributed by atoms with E-state index in [0.717, 1.165) is 0 Å². The van der Waals surface area contributed by atoms with Gasteiger partial charge in [0.05, 0.1) is 6.42 Å². The zero-order valence-electron chi connectivity index (χ0n) is 8.79. The van der Waals surface area contributed by atoms with Crippen molar-refractivity contribution < 1.29 is 19.4 Å². The minimum Gasteiger partial charge on any atom is -0.481 e. The van der Waals surface area contributed by atoms with Gasteiger partial charge in [-0.15, -0.1) is 0 Å². The summed E-state index contributed by atoms with van der Waals surface area (Å²) in [4.78, 5) is 21.7. The smallest absolute Gasteiger partial charge is 0.305 e. The van der Waals surface area contributed by atoms with Crippen LogP contribution in [0.5, 0.6) is 0 Å². The van der Waals surface area contributed by atoms with Crippen LogP contribution in [0.2, 0.25) is 0 Å². The molecule has 0 aromatic carbocycles. The van der Waals surface area contributed by atoms with Gasteiger partial charge >= 0.3 is 5.97 Å². The van der Waals surface area contributed by atoms with Crippen LogP contribution in [0.25, 0.3) is 0 Å². The van der Waals surface area contributed by atoms with E-state index in [4.69, 9.17) is 9.84 Å². The standard InChI is InChI=1S/C9H17NO4/c1-4-9(2,14-3)8(13)10-6-5-7(11)12/h4-6H2,1-3H3,(H,10,13)(H,11,12). The first kappa shape index (κ1) is 12.9. The molecule has 0 aliphatic rings. The van der Waals surface area contributed by atoms with E-state index in [9.17, 15) is 9.59 Å². The van der Waals surface area contributed by atoms with E-state index in [1.165, 1.54) is 7.11 Å². The first-order valence-electron chi connectivity index (χ1n) is 4.51. The monoisotopic (exact) mass is 203 g/mol. The molecule has 0 heterocycles. The molecule has 0 spiro atoms. The molecule has 0 rings (SSSR count). The van der Waals surface area contributed by atoms with E-state index < -0.39 is 11.6 Å². The molecule has 2 N–H and O–H groups in total. The molecule has 1 atom stereocenters. The van der Waals surface area contributed by atoms with Crippen molar-refractivity contribution in [1.29, 1.82) is 0 Å². The summed E-state index contributed by atoms with van der Waals surface area (Å²) in [7, 11) is 1.46. The van der Waals surface area contributed by atoms with Gasteiger partial charge in [-0.25, -0.2) is 0 Å². The third kappa shape index (κ3) is 3.74. The molecular formula is C9H17NO4. The van der Waals surface area contributed by atoms with Crippen molar-refractivity contribution in [3.05, 3.63) is 0 Å². The van der Waals surface area contributed by atoms with Crippen LogP contribution in [-0.4, -0.2) is 36.2 Å². The second-order valence-corrected chi connectivity index (χ2v) is 3.19. The summed E-state index contributed by atoms with van der Waals surface area (Å²) in [5, 5.41) is 10.9. The predicted molar refractivity (Wildman–Crippen MR) is 51.0 cm³/mol. The summed E-state index contributed by atoms with van der Waals surface area (Å²) in [6.07, 6.45) is 0.470. The molecule has 5 heteroatoms. The molecule has 0 aromatic heterocycles. The van der Waals surface area contributed by atoms with Crippen LogP contribution in [0.15, 0.2) is 0 Å². The van der Waals surface area contributed by atoms with Crippen LogP contribution in [-0.2, 0) is 14.3 Å². The molecule has 0 saturated carbocycles. The fourth-order valence-corrected chi connectivity index (χ4v) is 0.868. The fourth-order valence-electron chi connectivity index (χ4n) is 0.868. The highest BCUT2D eigenvalue weighted by Crippen LogP contribution is 2.13. The highest BCUT2D eigenvalue weighted by Gasteiger charge is 2.30. The van der Waals surface area contributed by atoms with Gasteiger partial charge in [0.25, 0.3) is 5.91 Å². The Morgan fingerprint density at radius 3 is 2.43 bits per heavy atom. The number of carbonyl (C=O) groups is 2. The topological polar surface area (TPSA) is 75.6 Å². The van der Waals surface area contributed by atoms with E-state index in [-0.39, 0.29) is 18.9 Å². The molecule has 14 heavy (non-hydrogen) atoms. The van der Waals surface area contributed by atoms with Crippen LogP contribution in [0.1, 0.15) is 26.7 Å². The van der Waals surface area contributed by atoms with E-state index >= 15 is 0 Å². The van der Waals surface area contributed by atoms with Gasteiger partial charge in [0.1, 0.15) is 5.60 Å². The van der Waals surface area contributed by atoms with E-state index in [2.05, 4.69) is 5.32 Å². The maximum Gasteiger partial charge on any atom is 0.305 e. The minimum atomic E-state index is -0.930. The summed E-state index contributed by atoms with van der Waals surface area (Å²) < 4.78 is 5.05. The molecule has 1 amide bonds. The van der Waals surface area contributed by atoms with E-state index in [1.807, 2.05) is 6.92 Å². The molecule has 0 bridgehead atoms. The summed E-state index contributed by atoms with van der Waals surface area (Å²) in [5.41, 5.74) is -0.863. The predicted octanol–water partition coefficient (Wildman–Crippen LogP) is 0.392. The van der Waals surface area contributed by atoms with Gasteiger partial charge in [-0.1, -0.05) is 6.92 Å². The second-order valence-electron chi connectivity index (χ2n) is 3.19. The van der Waals surface area contributed by atoms with E-state index in [1.54, 1.807) is 6.92 Å². The zero-order valence-corrected chi connectivity index (χ0v) is 8.79. The van der Waals surface area contributed by atoms with Gasteiger partial charge < -0.3 is 15.2 Å². The molecule has 0 radical (unpaired) electrons. The molecular weight excluding hydrogens is 186 g/mol. The SMILES string of the molecule is CCC(C)(OC)C(=O)NCCC(=O)O. The second kappa shape index (κ2) is 5.59. The van der Waals surface area contributed by atoms with Crippen molar-refractivity contribution in [2.45, 2.75) is 32.3 Å². The summed E-state index contributed by atoms with van der Waals surface area (Å²) >= 11 is 0. The molecule has 82 valence electrons. The first-order chi connectivity index (χ1) is 6.46. The molecule has 1 unspecified atom stereocenters.